The average molecular weight is 231 g/mol. The van der Waals surface area contributed by atoms with Crippen LogP contribution in [-0.2, 0) is 0 Å². The second-order valence-electron chi connectivity index (χ2n) is 4.56. The molecule has 1 aliphatic carbocycles. The van der Waals surface area contributed by atoms with Crippen LogP contribution in [0.15, 0.2) is 17.1 Å². The van der Waals surface area contributed by atoms with Gasteiger partial charge in [-0.05, 0) is 32.1 Å². The number of terminal acetylenes is 1. The maximum Gasteiger partial charge on any atom is 0.346 e. The Balaban J connectivity index is 2.23. The Labute approximate surface area is 102 Å². The molecule has 0 aromatic rings. The van der Waals surface area contributed by atoms with E-state index >= 15 is 0 Å². The highest BCUT2D eigenvalue weighted by Crippen LogP contribution is 2.29. The molecule has 2 aliphatic rings. The van der Waals surface area contributed by atoms with Gasteiger partial charge in [-0.2, -0.15) is 4.99 Å². The number of carbonyl (C=O) groups excluding carboxylic acids is 1. The molecule has 0 fully saturated rings. The van der Waals surface area contributed by atoms with Gasteiger partial charge < -0.3 is 5.73 Å². The predicted octanol–water partition coefficient (Wildman–Crippen LogP) is 1.53. The van der Waals surface area contributed by atoms with Gasteiger partial charge in [-0.25, -0.2) is 4.79 Å². The van der Waals surface area contributed by atoms with Crippen molar-refractivity contribution in [3.05, 3.63) is 12.2 Å². The van der Waals surface area contributed by atoms with E-state index in [2.05, 4.69) is 23.1 Å². The van der Waals surface area contributed by atoms with Crippen LogP contribution in [0.2, 0.25) is 0 Å². The number of hydrogen-bond acceptors (Lipinski definition) is 2. The van der Waals surface area contributed by atoms with Gasteiger partial charge in [0.15, 0.2) is 0 Å². The molecule has 0 radical (unpaired) electrons. The van der Waals surface area contributed by atoms with Crippen molar-refractivity contribution in [2.45, 2.75) is 38.3 Å². The third kappa shape index (κ3) is 2.05. The Hall–Kier alpha value is -1.76. The molecule has 2 rings (SSSR count). The molecule has 1 heterocycles. The van der Waals surface area contributed by atoms with Gasteiger partial charge in [0.05, 0.1) is 12.1 Å². The predicted molar refractivity (Wildman–Crippen MR) is 67.4 cm³/mol. The lowest BCUT2D eigenvalue weighted by Crippen LogP contribution is -2.49. The number of aliphatic imine (C=N–C) groups is 1. The summed E-state index contributed by atoms with van der Waals surface area (Å²) in [6, 6.07) is -0.686. The first-order valence-corrected chi connectivity index (χ1v) is 5.92. The largest absolute Gasteiger partial charge is 0.385 e. The van der Waals surface area contributed by atoms with Gasteiger partial charge in [-0.3, -0.25) is 4.90 Å². The molecule has 0 aromatic carbocycles. The summed E-state index contributed by atoms with van der Waals surface area (Å²) in [5, 5.41) is 0. The van der Waals surface area contributed by atoms with Crippen LogP contribution in [0.5, 0.6) is 0 Å². The molecule has 0 spiro atoms. The summed E-state index contributed by atoms with van der Waals surface area (Å²) in [5.74, 6) is 3.34. The van der Waals surface area contributed by atoms with E-state index < -0.39 is 0 Å². The number of urea groups is 1. The number of amidine groups is 1. The van der Waals surface area contributed by atoms with Gasteiger partial charge in [0, 0.05) is 0 Å². The first-order valence-electron chi connectivity index (χ1n) is 5.92. The van der Waals surface area contributed by atoms with Crippen LogP contribution in [-0.4, -0.2) is 28.9 Å². The zero-order valence-electron chi connectivity index (χ0n) is 9.97. The van der Waals surface area contributed by atoms with Crippen LogP contribution in [0.1, 0.15) is 26.2 Å². The molecular formula is C13H17N3O. The summed E-state index contributed by atoms with van der Waals surface area (Å²) in [6.07, 6.45) is 12.7. The minimum absolute atomic E-state index is 0.126. The second-order valence-corrected chi connectivity index (χ2v) is 4.56. The van der Waals surface area contributed by atoms with Crippen LogP contribution >= 0.6 is 0 Å². The summed E-state index contributed by atoms with van der Waals surface area (Å²) < 4.78 is 0. The molecule has 4 heteroatoms. The number of hydrogen-bond donors (Lipinski definition) is 1. The molecule has 3 unspecified atom stereocenters. The summed E-state index contributed by atoms with van der Waals surface area (Å²) >= 11 is 0. The number of amides is 2. The Kier molecular flexibility index (Phi) is 3.19. The molecular weight excluding hydrogens is 214 g/mol. The lowest BCUT2D eigenvalue weighted by atomic mass is 9.86. The summed E-state index contributed by atoms with van der Waals surface area (Å²) in [6.45, 7) is 1.83. The van der Waals surface area contributed by atoms with Gasteiger partial charge in [-0.15, -0.1) is 6.42 Å². The smallest absolute Gasteiger partial charge is 0.346 e. The molecule has 3 atom stereocenters. The summed E-state index contributed by atoms with van der Waals surface area (Å²) in [7, 11) is 0. The normalized spacial score (nSPS) is 30.0. The fraction of sp³-hybridized carbons (Fsp3) is 0.538. The Morgan fingerprint density at radius 1 is 1.65 bits per heavy atom. The highest BCUT2D eigenvalue weighted by atomic mass is 16.2. The zero-order valence-corrected chi connectivity index (χ0v) is 9.97. The lowest BCUT2D eigenvalue weighted by molar-refractivity contribution is 0.176. The number of nitrogens with two attached hydrogens (primary N) is 1. The molecule has 4 nitrogen and oxygen atoms in total. The van der Waals surface area contributed by atoms with Crippen LogP contribution in [0.4, 0.5) is 4.79 Å². The first kappa shape index (κ1) is 11.7. The second kappa shape index (κ2) is 4.62. The van der Waals surface area contributed by atoms with E-state index in [0.717, 1.165) is 19.3 Å². The Morgan fingerprint density at radius 3 is 3.00 bits per heavy atom. The minimum Gasteiger partial charge on any atom is -0.385 e. The van der Waals surface area contributed by atoms with Crippen molar-refractivity contribution in [1.82, 2.24) is 4.90 Å². The lowest BCUT2D eigenvalue weighted by Gasteiger charge is -2.33. The van der Waals surface area contributed by atoms with Crippen molar-refractivity contribution in [1.29, 1.82) is 0 Å². The Morgan fingerprint density at radius 2 is 2.41 bits per heavy atom. The topological polar surface area (TPSA) is 58.7 Å². The van der Waals surface area contributed by atoms with E-state index in [-0.39, 0.29) is 18.1 Å². The minimum atomic E-state index is -0.299. The molecule has 1 aliphatic heterocycles. The van der Waals surface area contributed by atoms with Crippen molar-refractivity contribution in [3.63, 3.8) is 0 Å². The van der Waals surface area contributed by atoms with E-state index in [1.807, 2.05) is 6.92 Å². The number of nitrogens with zero attached hydrogens (tertiary/aromatic N) is 2. The maximum atomic E-state index is 11.8. The molecule has 0 saturated carbocycles. The SMILES string of the molecule is C#CC(C)N1C(=O)N=C(N)C1C1CC=CCC1. The molecule has 0 bridgehead atoms. The van der Waals surface area contributed by atoms with E-state index in [4.69, 9.17) is 12.2 Å². The van der Waals surface area contributed by atoms with Gasteiger partial charge in [-0.1, -0.05) is 18.1 Å². The van der Waals surface area contributed by atoms with E-state index in [1.54, 1.807) is 4.90 Å². The quantitative estimate of drug-likeness (QED) is 0.578. The monoisotopic (exact) mass is 231 g/mol. The van der Waals surface area contributed by atoms with E-state index in [0.29, 0.717) is 11.8 Å². The standard InChI is InChI=1S/C13H17N3O/c1-3-9(2)16-11(12(14)15-13(16)17)10-7-5-4-6-8-10/h1,4-5,9-11H,6-8H2,2H3,(H2,14,15,17). The molecule has 17 heavy (non-hydrogen) atoms. The molecule has 90 valence electrons. The van der Waals surface area contributed by atoms with Crippen molar-refractivity contribution < 1.29 is 4.79 Å². The van der Waals surface area contributed by atoms with Crippen molar-refractivity contribution in [2.75, 3.05) is 0 Å². The summed E-state index contributed by atoms with van der Waals surface area (Å²) in [4.78, 5) is 17.3. The average Bonchev–Trinajstić information content (AvgIpc) is 2.64. The highest BCUT2D eigenvalue weighted by molar-refractivity contribution is 6.03. The summed E-state index contributed by atoms with van der Waals surface area (Å²) in [5.41, 5.74) is 5.88. The fourth-order valence-corrected chi connectivity index (χ4v) is 2.56. The molecule has 0 saturated heterocycles. The van der Waals surface area contributed by atoms with Gasteiger partial charge >= 0.3 is 6.03 Å². The van der Waals surface area contributed by atoms with Crippen LogP contribution in [0.3, 0.4) is 0 Å². The van der Waals surface area contributed by atoms with Gasteiger partial charge in [0.2, 0.25) is 0 Å². The van der Waals surface area contributed by atoms with Crippen LogP contribution in [0, 0.1) is 18.3 Å². The fourth-order valence-electron chi connectivity index (χ4n) is 2.56. The number of carbonyl (C=O) groups is 1. The number of rotatable bonds is 2. The van der Waals surface area contributed by atoms with Crippen molar-refractivity contribution in [2.24, 2.45) is 16.6 Å². The molecule has 2 amide bonds. The first-order chi connectivity index (χ1) is 8.15. The third-order valence-electron chi connectivity index (χ3n) is 3.46. The number of allylic oxidation sites excluding steroid dienone is 2. The molecule has 2 N–H and O–H groups in total. The Bertz CT molecular complexity index is 419. The van der Waals surface area contributed by atoms with Gasteiger partial charge in [0.1, 0.15) is 5.84 Å². The molecule has 0 aromatic heterocycles. The van der Waals surface area contributed by atoms with Crippen molar-refractivity contribution in [3.8, 4) is 12.3 Å². The van der Waals surface area contributed by atoms with Crippen LogP contribution < -0.4 is 5.73 Å². The van der Waals surface area contributed by atoms with Crippen molar-refractivity contribution >= 4 is 11.9 Å². The van der Waals surface area contributed by atoms with Gasteiger partial charge in [0.25, 0.3) is 0 Å². The third-order valence-corrected chi connectivity index (χ3v) is 3.46. The van der Waals surface area contributed by atoms with E-state index in [9.17, 15) is 4.79 Å². The zero-order chi connectivity index (χ0) is 12.4. The maximum absolute atomic E-state index is 11.8. The van der Waals surface area contributed by atoms with E-state index in [1.165, 1.54) is 0 Å². The van der Waals surface area contributed by atoms with Crippen LogP contribution in [0.25, 0.3) is 0 Å². The highest BCUT2D eigenvalue weighted by Gasteiger charge is 2.40.